The second kappa shape index (κ2) is 9.27. The SMILES string of the molecule is CCCC1C=C(c2cccc(N3CC(C(=O)[O-])C3)c2)c2ccc(C(F)(F)F)cc2O1.[Na+]. The number of aliphatic carboxylic acids is 1. The van der Waals surface area contributed by atoms with Crippen LogP contribution >= 0.6 is 0 Å². The average Bonchev–Trinajstić information content (AvgIpc) is 2.65. The number of carbonyl (C=O) groups excluding carboxylic acids is 1. The Labute approximate surface area is 201 Å². The minimum absolute atomic E-state index is 0. The predicted molar refractivity (Wildman–Crippen MR) is 105 cm³/mol. The first-order valence-corrected chi connectivity index (χ1v) is 9.92. The molecule has 0 spiro atoms. The fourth-order valence-corrected chi connectivity index (χ4v) is 3.88. The summed E-state index contributed by atoms with van der Waals surface area (Å²) in [5, 5.41) is 11.0. The molecule has 2 aromatic rings. The fraction of sp³-hybridized carbons (Fsp3) is 0.348. The van der Waals surface area contributed by atoms with Crippen LogP contribution in [0.1, 0.15) is 36.5 Å². The van der Waals surface area contributed by atoms with E-state index in [-0.39, 0.29) is 41.4 Å². The van der Waals surface area contributed by atoms with E-state index >= 15 is 0 Å². The molecular weight excluding hydrogens is 418 g/mol. The zero-order valence-electron chi connectivity index (χ0n) is 17.4. The maximum atomic E-state index is 13.2. The van der Waals surface area contributed by atoms with Gasteiger partial charge in [0.1, 0.15) is 11.9 Å². The molecule has 0 saturated carbocycles. The van der Waals surface area contributed by atoms with Crippen molar-refractivity contribution in [3.05, 3.63) is 65.2 Å². The number of hydrogen-bond acceptors (Lipinski definition) is 4. The first-order valence-electron chi connectivity index (χ1n) is 9.92. The number of hydrogen-bond donors (Lipinski definition) is 0. The van der Waals surface area contributed by atoms with Crippen LogP contribution in [0.4, 0.5) is 18.9 Å². The molecule has 4 rings (SSSR count). The topological polar surface area (TPSA) is 52.6 Å². The maximum Gasteiger partial charge on any atom is 1.00 e. The Kier molecular flexibility index (Phi) is 7.08. The fourth-order valence-electron chi connectivity index (χ4n) is 3.88. The van der Waals surface area contributed by atoms with Crippen molar-refractivity contribution >= 4 is 17.2 Å². The van der Waals surface area contributed by atoms with Crippen LogP contribution in [0.2, 0.25) is 0 Å². The number of benzene rings is 2. The van der Waals surface area contributed by atoms with Crippen molar-refractivity contribution < 1.29 is 57.4 Å². The summed E-state index contributed by atoms with van der Waals surface area (Å²) >= 11 is 0. The summed E-state index contributed by atoms with van der Waals surface area (Å²) in [6.07, 6.45) is -1.26. The molecule has 1 saturated heterocycles. The number of ether oxygens (including phenoxy) is 1. The average molecular weight is 439 g/mol. The number of nitrogens with zero attached hydrogens (tertiary/aromatic N) is 1. The first-order chi connectivity index (χ1) is 14.3. The number of anilines is 1. The third-order valence-electron chi connectivity index (χ3n) is 5.54. The van der Waals surface area contributed by atoms with Gasteiger partial charge in [-0.1, -0.05) is 31.5 Å². The van der Waals surface area contributed by atoms with Crippen molar-refractivity contribution in [3.63, 3.8) is 0 Å². The molecule has 0 amide bonds. The van der Waals surface area contributed by atoms with Gasteiger partial charge in [0, 0.05) is 36.2 Å². The number of carboxylic acids is 1. The Hall–Kier alpha value is -1.96. The van der Waals surface area contributed by atoms with Gasteiger partial charge in [0.2, 0.25) is 0 Å². The van der Waals surface area contributed by atoms with Gasteiger partial charge in [0.05, 0.1) is 5.56 Å². The summed E-state index contributed by atoms with van der Waals surface area (Å²) in [6, 6.07) is 11.2. The van der Waals surface area contributed by atoms with Crippen LogP contribution < -0.4 is 44.3 Å². The van der Waals surface area contributed by atoms with E-state index in [4.69, 9.17) is 4.74 Å². The van der Waals surface area contributed by atoms with E-state index in [9.17, 15) is 23.1 Å². The van der Waals surface area contributed by atoms with Crippen molar-refractivity contribution in [3.8, 4) is 5.75 Å². The molecule has 0 aliphatic carbocycles. The minimum Gasteiger partial charge on any atom is -0.550 e. The Morgan fingerprint density at radius 2 is 1.94 bits per heavy atom. The van der Waals surface area contributed by atoms with Crippen LogP contribution in [-0.4, -0.2) is 25.2 Å². The van der Waals surface area contributed by atoms with Gasteiger partial charge in [0.15, 0.2) is 0 Å². The van der Waals surface area contributed by atoms with Crippen LogP contribution in [0.25, 0.3) is 5.57 Å². The Morgan fingerprint density at radius 3 is 2.58 bits per heavy atom. The molecule has 0 radical (unpaired) electrons. The van der Waals surface area contributed by atoms with Crippen molar-refractivity contribution in [2.75, 3.05) is 18.0 Å². The smallest absolute Gasteiger partial charge is 0.550 e. The molecule has 4 nitrogen and oxygen atoms in total. The van der Waals surface area contributed by atoms with Gasteiger partial charge < -0.3 is 19.5 Å². The third kappa shape index (κ3) is 4.94. The quantitative estimate of drug-likeness (QED) is 0.650. The second-order valence-corrected chi connectivity index (χ2v) is 7.71. The van der Waals surface area contributed by atoms with E-state index in [1.54, 1.807) is 0 Å². The molecule has 0 bridgehead atoms. The molecule has 0 aromatic heterocycles. The van der Waals surface area contributed by atoms with Crippen LogP contribution in [0.15, 0.2) is 48.5 Å². The summed E-state index contributed by atoms with van der Waals surface area (Å²) in [5.74, 6) is -1.30. The summed E-state index contributed by atoms with van der Waals surface area (Å²) < 4.78 is 45.4. The van der Waals surface area contributed by atoms with Crippen LogP contribution in [0.3, 0.4) is 0 Å². The van der Waals surface area contributed by atoms with Crippen LogP contribution in [0, 0.1) is 5.92 Å². The van der Waals surface area contributed by atoms with Gasteiger partial charge in [-0.2, -0.15) is 13.2 Å². The number of carbonyl (C=O) groups is 1. The van der Waals surface area contributed by atoms with E-state index in [0.29, 0.717) is 25.1 Å². The van der Waals surface area contributed by atoms with Crippen molar-refractivity contribution in [2.45, 2.75) is 32.0 Å². The van der Waals surface area contributed by atoms with Gasteiger partial charge in [0.25, 0.3) is 0 Å². The molecule has 2 aromatic carbocycles. The van der Waals surface area contributed by atoms with Crippen molar-refractivity contribution in [1.82, 2.24) is 0 Å². The van der Waals surface area contributed by atoms with E-state index < -0.39 is 23.6 Å². The third-order valence-corrected chi connectivity index (χ3v) is 5.54. The summed E-state index contributed by atoms with van der Waals surface area (Å²) in [4.78, 5) is 12.9. The van der Waals surface area contributed by atoms with E-state index in [2.05, 4.69) is 0 Å². The van der Waals surface area contributed by atoms with Crippen LogP contribution in [-0.2, 0) is 11.0 Å². The molecule has 8 heteroatoms. The van der Waals surface area contributed by atoms with E-state index in [0.717, 1.165) is 35.4 Å². The van der Waals surface area contributed by atoms with Gasteiger partial charge in [-0.05, 0) is 47.9 Å². The minimum atomic E-state index is -4.44. The Morgan fingerprint density at radius 1 is 1.19 bits per heavy atom. The van der Waals surface area contributed by atoms with Gasteiger partial charge >= 0.3 is 35.7 Å². The standard InChI is InChI=1S/C23H22F3NO3.Na/c1-2-4-18-11-20(19-8-7-16(23(24,25)26)10-21(19)30-18)14-5-3-6-17(9-14)27-12-15(13-27)22(28)29;/h3,5-11,15,18H,2,4,12-13H2,1H3,(H,28,29);/q;+1/p-1. The molecule has 1 unspecified atom stereocenters. The summed E-state index contributed by atoms with van der Waals surface area (Å²) in [7, 11) is 0. The monoisotopic (exact) mass is 439 g/mol. The zero-order valence-corrected chi connectivity index (χ0v) is 19.4. The number of carboxylic acid groups (broad SMARTS) is 1. The normalized spacial score (nSPS) is 18.3. The number of halogens is 3. The van der Waals surface area contributed by atoms with Gasteiger partial charge in [-0.3, -0.25) is 0 Å². The van der Waals surface area contributed by atoms with Crippen molar-refractivity contribution in [2.24, 2.45) is 5.92 Å². The van der Waals surface area contributed by atoms with Crippen LogP contribution in [0.5, 0.6) is 5.75 Å². The number of fused-ring (bicyclic) bond motifs is 1. The van der Waals surface area contributed by atoms with Crippen molar-refractivity contribution in [1.29, 1.82) is 0 Å². The number of rotatable bonds is 5. The zero-order chi connectivity index (χ0) is 21.5. The molecule has 2 heterocycles. The molecule has 2 aliphatic rings. The van der Waals surface area contributed by atoms with E-state index in [1.165, 1.54) is 6.07 Å². The van der Waals surface area contributed by atoms with Gasteiger partial charge in [-0.15, -0.1) is 0 Å². The second-order valence-electron chi connectivity index (χ2n) is 7.71. The first kappa shape index (κ1) is 23.7. The summed E-state index contributed by atoms with van der Waals surface area (Å²) in [5.41, 5.74) is 2.43. The molecule has 158 valence electrons. The Balaban J connectivity index is 0.00000272. The van der Waals surface area contributed by atoms with E-state index in [1.807, 2.05) is 42.2 Å². The Bertz CT molecular complexity index is 1000. The molecule has 1 fully saturated rings. The van der Waals surface area contributed by atoms with Gasteiger partial charge in [-0.25, -0.2) is 0 Å². The maximum absolute atomic E-state index is 13.2. The molecule has 1 atom stereocenters. The predicted octanol–water partition coefficient (Wildman–Crippen LogP) is 0.888. The molecular formula is C23H21F3NNaO3. The molecule has 2 aliphatic heterocycles. The summed E-state index contributed by atoms with van der Waals surface area (Å²) in [6.45, 7) is 2.77. The molecule has 0 N–H and O–H groups in total. The largest absolute Gasteiger partial charge is 1.00 e. The molecule has 31 heavy (non-hydrogen) atoms. The number of alkyl halides is 3.